The zero-order valence-electron chi connectivity index (χ0n) is 10.4. The summed E-state index contributed by atoms with van der Waals surface area (Å²) in [5.74, 6) is -0.299. The van der Waals surface area contributed by atoms with Gasteiger partial charge in [0.05, 0.1) is 12.5 Å². The SMILES string of the molecule is CCOC(=O)C(C)C1=CCCc2ccccc21. The summed E-state index contributed by atoms with van der Waals surface area (Å²) in [6, 6.07) is 8.31. The maximum Gasteiger partial charge on any atom is 0.313 e. The molecule has 90 valence electrons. The Morgan fingerprint density at radius 2 is 2.18 bits per heavy atom. The van der Waals surface area contributed by atoms with Crippen LogP contribution in [0.5, 0.6) is 0 Å². The molecule has 2 heteroatoms. The Hall–Kier alpha value is -1.57. The fourth-order valence-electron chi connectivity index (χ4n) is 2.32. The molecule has 1 aromatic rings. The van der Waals surface area contributed by atoms with Crippen LogP contribution in [0.1, 0.15) is 31.4 Å². The molecular weight excluding hydrogens is 212 g/mol. The third-order valence-electron chi connectivity index (χ3n) is 3.21. The van der Waals surface area contributed by atoms with E-state index in [9.17, 15) is 4.79 Å². The van der Waals surface area contributed by atoms with Crippen LogP contribution in [0.3, 0.4) is 0 Å². The molecule has 0 saturated heterocycles. The molecule has 0 N–H and O–H groups in total. The number of rotatable bonds is 3. The number of allylic oxidation sites excluding steroid dienone is 1. The number of hydrogen-bond donors (Lipinski definition) is 0. The Morgan fingerprint density at radius 3 is 2.94 bits per heavy atom. The van der Waals surface area contributed by atoms with Crippen LogP contribution in [0, 0.1) is 5.92 Å². The van der Waals surface area contributed by atoms with E-state index in [1.54, 1.807) is 0 Å². The number of ether oxygens (including phenoxy) is 1. The van der Waals surface area contributed by atoms with Crippen LogP contribution >= 0.6 is 0 Å². The molecule has 1 unspecified atom stereocenters. The Kier molecular flexibility index (Phi) is 3.62. The van der Waals surface area contributed by atoms with E-state index in [0.717, 1.165) is 18.4 Å². The van der Waals surface area contributed by atoms with E-state index in [4.69, 9.17) is 4.74 Å². The van der Waals surface area contributed by atoms with Crippen LogP contribution in [-0.2, 0) is 16.0 Å². The fourth-order valence-corrected chi connectivity index (χ4v) is 2.32. The van der Waals surface area contributed by atoms with Gasteiger partial charge in [0.15, 0.2) is 0 Å². The third kappa shape index (κ3) is 2.41. The summed E-state index contributed by atoms with van der Waals surface area (Å²) < 4.78 is 5.09. The first-order valence-electron chi connectivity index (χ1n) is 6.19. The van der Waals surface area contributed by atoms with E-state index in [1.807, 2.05) is 19.9 Å². The first-order chi connectivity index (χ1) is 8.24. The summed E-state index contributed by atoms with van der Waals surface area (Å²) in [6.07, 6.45) is 4.25. The van der Waals surface area contributed by atoms with Crippen molar-refractivity contribution >= 4 is 11.5 Å². The first-order valence-corrected chi connectivity index (χ1v) is 6.19. The average Bonchev–Trinajstić information content (AvgIpc) is 2.37. The largest absolute Gasteiger partial charge is 0.466 e. The van der Waals surface area contributed by atoms with Crippen LogP contribution in [-0.4, -0.2) is 12.6 Å². The van der Waals surface area contributed by atoms with Gasteiger partial charge in [-0.05, 0) is 43.4 Å². The average molecular weight is 230 g/mol. The molecule has 0 radical (unpaired) electrons. The standard InChI is InChI=1S/C15H18O2/c1-3-17-15(16)11(2)13-10-6-8-12-7-4-5-9-14(12)13/h4-5,7,9-11H,3,6,8H2,1-2H3. The van der Waals surface area contributed by atoms with Crippen LogP contribution in [0.4, 0.5) is 0 Å². The Balaban J connectivity index is 2.27. The normalized spacial score (nSPS) is 15.8. The molecule has 0 saturated carbocycles. The van der Waals surface area contributed by atoms with Gasteiger partial charge in [-0.2, -0.15) is 0 Å². The molecule has 1 atom stereocenters. The van der Waals surface area contributed by atoms with Crippen LogP contribution in [0.2, 0.25) is 0 Å². The van der Waals surface area contributed by atoms with E-state index in [-0.39, 0.29) is 11.9 Å². The quantitative estimate of drug-likeness (QED) is 0.745. The Labute approximate surface area is 102 Å². The van der Waals surface area contributed by atoms with Gasteiger partial charge in [0.1, 0.15) is 0 Å². The topological polar surface area (TPSA) is 26.3 Å². The van der Waals surface area contributed by atoms with Crippen molar-refractivity contribution in [3.63, 3.8) is 0 Å². The van der Waals surface area contributed by atoms with Gasteiger partial charge in [0.2, 0.25) is 0 Å². The summed E-state index contributed by atoms with van der Waals surface area (Å²) in [7, 11) is 0. The van der Waals surface area contributed by atoms with E-state index < -0.39 is 0 Å². The van der Waals surface area contributed by atoms with Gasteiger partial charge in [-0.1, -0.05) is 30.3 Å². The molecule has 0 fully saturated rings. The summed E-state index contributed by atoms with van der Waals surface area (Å²) in [6.45, 7) is 4.21. The number of carbonyl (C=O) groups excluding carboxylic acids is 1. The highest BCUT2D eigenvalue weighted by Gasteiger charge is 2.23. The van der Waals surface area contributed by atoms with Crippen molar-refractivity contribution in [1.29, 1.82) is 0 Å². The number of carbonyl (C=O) groups is 1. The second-order valence-corrected chi connectivity index (χ2v) is 4.33. The minimum absolute atomic E-state index is 0.129. The van der Waals surface area contributed by atoms with Gasteiger partial charge in [-0.15, -0.1) is 0 Å². The molecule has 0 bridgehead atoms. The summed E-state index contributed by atoms with van der Waals surface area (Å²) >= 11 is 0. The van der Waals surface area contributed by atoms with Gasteiger partial charge in [0.25, 0.3) is 0 Å². The zero-order valence-corrected chi connectivity index (χ0v) is 10.4. The second kappa shape index (κ2) is 5.17. The van der Waals surface area contributed by atoms with Crippen molar-refractivity contribution in [3.05, 3.63) is 41.5 Å². The summed E-state index contributed by atoms with van der Waals surface area (Å²) in [4.78, 5) is 11.8. The van der Waals surface area contributed by atoms with Crippen LogP contribution in [0.15, 0.2) is 30.3 Å². The maximum absolute atomic E-state index is 11.8. The van der Waals surface area contributed by atoms with Crippen molar-refractivity contribution in [1.82, 2.24) is 0 Å². The Morgan fingerprint density at radius 1 is 1.41 bits per heavy atom. The second-order valence-electron chi connectivity index (χ2n) is 4.33. The van der Waals surface area contributed by atoms with Gasteiger partial charge in [-0.3, -0.25) is 4.79 Å². The van der Waals surface area contributed by atoms with E-state index in [0.29, 0.717) is 6.61 Å². The number of esters is 1. The number of aryl methyl sites for hydroxylation is 1. The van der Waals surface area contributed by atoms with Crippen molar-refractivity contribution in [3.8, 4) is 0 Å². The predicted molar refractivity (Wildman–Crippen MR) is 68.5 cm³/mol. The maximum atomic E-state index is 11.8. The lowest BCUT2D eigenvalue weighted by molar-refractivity contribution is -0.145. The lowest BCUT2D eigenvalue weighted by Gasteiger charge is -2.21. The number of hydrogen-bond acceptors (Lipinski definition) is 2. The van der Waals surface area contributed by atoms with Crippen molar-refractivity contribution in [2.24, 2.45) is 5.92 Å². The van der Waals surface area contributed by atoms with E-state index >= 15 is 0 Å². The zero-order chi connectivity index (χ0) is 12.3. The molecule has 1 aliphatic carbocycles. The first kappa shape index (κ1) is 11.9. The third-order valence-corrected chi connectivity index (χ3v) is 3.21. The summed E-state index contributed by atoms with van der Waals surface area (Å²) in [5.41, 5.74) is 3.66. The molecule has 2 rings (SSSR count). The molecular formula is C15H18O2. The molecule has 0 spiro atoms. The predicted octanol–water partition coefficient (Wildman–Crippen LogP) is 3.22. The van der Waals surface area contributed by atoms with E-state index in [1.165, 1.54) is 11.1 Å². The lowest BCUT2D eigenvalue weighted by atomic mass is 9.84. The number of benzene rings is 1. The highest BCUT2D eigenvalue weighted by atomic mass is 16.5. The van der Waals surface area contributed by atoms with Crippen molar-refractivity contribution in [2.75, 3.05) is 6.61 Å². The molecule has 0 heterocycles. The van der Waals surface area contributed by atoms with Crippen molar-refractivity contribution in [2.45, 2.75) is 26.7 Å². The molecule has 17 heavy (non-hydrogen) atoms. The minimum atomic E-state index is -0.170. The fraction of sp³-hybridized carbons (Fsp3) is 0.400. The van der Waals surface area contributed by atoms with E-state index in [2.05, 4.69) is 24.3 Å². The monoisotopic (exact) mass is 230 g/mol. The van der Waals surface area contributed by atoms with Crippen molar-refractivity contribution < 1.29 is 9.53 Å². The molecule has 2 nitrogen and oxygen atoms in total. The molecule has 1 aromatic carbocycles. The van der Waals surface area contributed by atoms with Gasteiger partial charge < -0.3 is 4.74 Å². The van der Waals surface area contributed by atoms with Crippen LogP contribution < -0.4 is 0 Å². The van der Waals surface area contributed by atoms with Gasteiger partial charge >= 0.3 is 5.97 Å². The smallest absolute Gasteiger partial charge is 0.313 e. The molecule has 0 aromatic heterocycles. The van der Waals surface area contributed by atoms with Gasteiger partial charge in [-0.25, -0.2) is 0 Å². The van der Waals surface area contributed by atoms with Gasteiger partial charge in [0, 0.05) is 0 Å². The summed E-state index contributed by atoms with van der Waals surface area (Å²) in [5, 5.41) is 0. The Bertz CT molecular complexity index is 446. The lowest BCUT2D eigenvalue weighted by Crippen LogP contribution is -2.18. The van der Waals surface area contributed by atoms with Crippen LogP contribution in [0.25, 0.3) is 5.57 Å². The molecule has 1 aliphatic rings. The molecule has 0 amide bonds. The minimum Gasteiger partial charge on any atom is -0.466 e. The highest BCUT2D eigenvalue weighted by molar-refractivity contribution is 5.89. The highest BCUT2D eigenvalue weighted by Crippen LogP contribution is 2.32. The number of fused-ring (bicyclic) bond motifs is 1. The molecule has 0 aliphatic heterocycles.